The van der Waals surface area contributed by atoms with Gasteiger partial charge in [-0.15, -0.1) is 0 Å². The van der Waals surface area contributed by atoms with E-state index >= 15 is 0 Å². The van der Waals surface area contributed by atoms with Crippen molar-refractivity contribution in [1.29, 1.82) is 0 Å². The molecule has 0 aliphatic rings. The molecule has 0 bridgehead atoms. The van der Waals surface area contributed by atoms with E-state index in [9.17, 15) is 4.79 Å². The van der Waals surface area contributed by atoms with Gasteiger partial charge in [0.2, 0.25) is 0 Å². The van der Waals surface area contributed by atoms with Gasteiger partial charge < -0.3 is 9.30 Å². The first kappa shape index (κ1) is 13.7. The molecule has 2 rings (SSSR count). The minimum atomic E-state index is -0.289. The molecule has 3 nitrogen and oxygen atoms in total. The van der Waals surface area contributed by atoms with E-state index < -0.39 is 0 Å². The first-order chi connectivity index (χ1) is 8.81. The van der Waals surface area contributed by atoms with Crippen molar-refractivity contribution in [2.24, 2.45) is 5.41 Å². The fourth-order valence-corrected chi connectivity index (χ4v) is 2.32. The molecular weight excluding hydrogens is 238 g/mol. The lowest BCUT2D eigenvalue weighted by atomic mass is 9.96. The third kappa shape index (κ3) is 2.80. The molecule has 0 saturated heterocycles. The maximum atomic E-state index is 11.6. The molecule has 19 heavy (non-hydrogen) atoms. The molecule has 0 N–H and O–H groups in total. The topological polar surface area (TPSA) is 31.2 Å². The van der Waals surface area contributed by atoms with E-state index in [2.05, 4.69) is 38.3 Å². The van der Waals surface area contributed by atoms with Crippen molar-refractivity contribution in [2.75, 3.05) is 7.11 Å². The van der Waals surface area contributed by atoms with E-state index in [4.69, 9.17) is 4.74 Å². The lowest BCUT2D eigenvalue weighted by molar-refractivity contribution is 0.0601. The highest BCUT2D eigenvalue weighted by Crippen LogP contribution is 2.26. The van der Waals surface area contributed by atoms with Crippen molar-refractivity contribution < 1.29 is 9.53 Å². The number of methoxy groups -OCH3 is 1. The number of fused-ring (bicyclic) bond motifs is 1. The summed E-state index contributed by atoms with van der Waals surface area (Å²) in [6.45, 7) is 9.66. The average molecular weight is 259 g/mol. The number of aromatic nitrogens is 1. The molecule has 1 aromatic heterocycles. The first-order valence-corrected chi connectivity index (χ1v) is 6.50. The Morgan fingerprint density at radius 3 is 2.53 bits per heavy atom. The van der Waals surface area contributed by atoms with E-state index in [1.165, 1.54) is 12.8 Å². The second-order valence-corrected chi connectivity index (χ2v) is 6.20. The van der Waals surface area contributed by atoms with E-state index in [-0.39, 0.29) is 11.4 Å². The molecule has 102 valence electrons. The Labute approximate surface area is 114 Å². The number of carbonyl (C=O) groups excluding carboxylic acids is 1. The van der Waals surface area contributed by atoms with Crippen molar-refractivity contribution in [3.8, 4) is 0 Å². The maximum Gasteiger partial charge on any atom is 0.337 e. The summed E-state index contributed by atoms with van der Waals surface area (Å²) in [7, 11) is 1.41. The lowest BCUT2D eigenvalue weighted by Crippen LogP contribution is -2.16. The van der Waals surface area contributed by atoms with Gasteiger partial charge in [-0.1, -0.05) is 26.8 Å². The average Bonchev–Trinajstić information content (AvgIpc) is 2.62. The highest BCUT2D eigenvalue weighted by atomic mass is 16.5. The molecule has 0 spiro atoms. The molecule has 0 atom stereocenters. The fraction of sp³-hybridized carbons (Fsp3) is 0.438. The Kier molecular flexibility index (Phi) is 3.40. The first-order valence-electron chi connectivity index (χ1n) is 6.50. The predicted octanol–water partition coefficient (Wildman–Crippen LogP) is 3.78. The van der Waals surface area contributed by atoms with Gasteiger partial charge in [0.1, 0.15) is 0 Å². The van der Waals surface area contributed by atoms with Crippen LogP contribution in [0, 0.1) is 12.3 Å². The van der Waals surface area contributed by atoms with E-state index in [1.807, 2.05) is 18.2 Å². The largest absolute Gasteiger partial charge is 0.465 e. The summed E-state index contributed by atoms with van der Waals surface area (Å²) in [5.41, 5.74) is 3.10. The van der Waals surface area contributed by atoms with Crippen LogP contribution in [0.4, 0.5) is 0 Å². The summed E-state index contributed by atoms with van der Waals surface area (Å²) in [6, 6.07) is 7.87. The number of aryl methyl sites for hydroxylation is 1. The number of hydrogen-bond acceptors (Lipinski definition) is 2. The van der Waals surface area contributed by atoms with Gasteiger partial charge in [0.05, 0.1) is 12.7 Å². The molecule has 0 amide bonds. The monoisotopic (exact) mass is 259 g/mol. The van der Waals surface area contributed by atoms with Crippen LogP contribution in [-0.2, 0) is 11.3 Å². The van der Waals surface area contributed by atoms with Crippen LogP contribution in [0.1, 0.15) is 36.8 Å². The number of nitrogens with zero attached hydrogens (tertiary/aromatic N) is 1. The highest BCUT2D eigenvalue weighted by Gasteiger charge is 2.16. The number of esters is 1. The molecule has 1 heterocycles. The third-order valence-electron chi connectivity index (χ3n) is 3.16. The number of rotatable bonds is 2. The summed E-state index contributed by atoms with van der Waals surface area (Å²) in [6.07, 6.45) is 0. The molecule has 0 unspecified atom stereocenters. The smallest absolute Gasteiger partial charge is 0.337 e. The second kappa shape index (κ2) is 4.72. The molecule has 2 aromatic rings. The predicted molar refractivity (Wildman–Crippen MR) is 77.5 cm³/mol. The van der Waals surface area contributed by atoms with E-state index in [1.54, 1.807) is 0 Å². The van der Waals surface area contributed by atoms with Crippen molar-refractivity contribution in [2.45, 2.75) is 34.2 Å². The molecule has 0 aliphatic carbocycles. The van der Waals surface area contributed by atoms with Gasteiger partial charge >= 0.3 is 5.97 Å². The van der Waals surface area contributed by atoms with Crippen LogP contribution in [-0.4, -0.2) is 17.6 Å². The van der Waals surface area contributed by atoms with Crippen molar-refractivity contribution in [3.05, 3.63) is 35.5 Å². The molecule has 3 heteroatoms. The lowest BCUT2D eigenvalue weighted by Gasteiger charge is -2.21. The molecule has 1 aromatic carbocycles. The maximum absolute atomic E-state index is 11.6. The van der Waals surface area contributed by atoms with Gasteiger partial charge in [0.25, 0.3) is 0 Å². The van der Waals surface area contributed by atoms with Gasteiger partial charge in [-0.3, -0.25) is 0 Å². The number of carbonyl (C=O) groups is 1. The van der Waals surface area contributed by atoms with Gasteiger partial charge in [-0.25, -0.2) is 4.79 Å². The van der Waals surface area contributed by atoms with Crippen molar-refractivity contribution >= 4 is 16.9 Å². The Bertz CT molecular complexity index is 617. The van der Waals surface area contributed by atoms with Crippen LogP contribution < -0.4 is 0 Å². The minimum Gasteiger partial charge on any atom is -0.465 e. The van der Waals surface area contributed by atoms with Crippen LogP contribution in [0.25, 0.3) is 10.9 Å². The Morgan fingerprint density at radius 1 is 1.26 bits per heavy atom. The van der Waals surface area contributed by atoms with Crippen LogP contribution in [0.3, 0.4) is 0 Å². The van der Waals surface area contributed by atoms with Crippen molar-refractivity contribution in [3.63, 3.8) is 0 Å². The zero-order valence-corrected chi connectivity index (χ0v) is 12.3. The standard InChI is InChI=1S/C16H21NO2/c1-11-8-12-6-7-13(15(18)19-5)9-14(12)17(11)10-16(2,3)4/h6-9H,10H2,1-5H3. The zero-order chi connectivity index (χ0) is 14.2. The van der Waals surface area contributed by atoms with E-state index in [0.717, 1.165) is 17.4 Å². The summed E-state index contributed by atoms with van der Waals surface area (Å²) >= 11 is 0. The summed E-state index contributed by atoms with van der Waals surface area (Å²) in [5.74, 6) is -0.289. The Morgan fingerprint density at radius 2 is 1.95 bits per heavy atom. The normalized spacial score (nSPS) is 11.8. The van der Waals surface area contributed by atoms with E-state index in [0.29, 0.717) is 5.56 Å². The number of hydrogen-bond donors (Lipinski definition) is 0. The van der Waals surface area contributed by atoms with Gasteiger partial charge in [-0.2, -0.15) is 0 Å². The Balaban J connectivity index is 2.56. The Hall–Kier alpha value is -1.77. The quantitative estimate of drug-likeness (QED) is 0.768. The fourth-order valence-electron chi connectivity index (χ4n) is 2.32. The van der Waals surface area contributed by atoms with Crippen LogP contribution in [0.2, 0.25) is 0 Å². The number of benzene rings is 1. The highest BCUT2D eigenvalue weighted by molar-refractivity contribution is 5.94. The van der Waals surface area contributed by atoms with Crippen molar-refractivity contribution in [1.82, 2.24) is 4.57 Å². The second-order valence-electron chi connectivity index (χ2n) is 6.20. The molecule has 0 radical (unpaired) electrons. The molecule has 0 saturated carbocycles. The molecular formula is C16H21NO2. The molecule has 0 aliphatic heterocycles. The molecule has 0 fully saturated rings. The number of ether oxygens (including phenoxy) is 1. The summed E-state index contributed by atoms with van der Waals surface area (Å²) < 4.78 is 7.05. The minimum absolute atomic E-state index is 0.192. The van der Waals surface area contributed by atoms with Gasteiger partial charge in [0.15, 0.2) is 0 Å². The summed E-state index contributed by atoms with van der Waals surface area (Å²) in [5, 5.41) is 1.16. The SMILES string of the molecule is COC(=O)c1ccc2cc(C)n(CC(C)(C)C)c2c1. The summed E-state index contributed by atoms with van der Waals surface area (Å²) in [4.78, 5) is 11.6. The van der Waals surface area contributed by atoms with Crippen LogP contribution in [0.15, 0.2) is 24.3 Å². The zero-order valence-electron chi connectivity index (χ0n) is 12.3. The van der Waals surface area contributed by atoms with Gasteiger partial charge in [0, 0.05) is 17.8 Å². The van der Waals surface area contributed by atoms with Crippen LogP contribution >= 0.6 is 0 Å². The van der Waals surface area contributed by atoms with Gasteiger partial charge in [-0.05, 0) is 35.9 Å². The third-order valence-corrected chi connectivity index (χ3v) is 3.16. The van der Waals surface area contributed by atoms with Crippen LogP contribution in [0.5, 0.6) is 0 Å².